The van der Waals surface area contributed by atoms with E-state index in [4.69, 9.17) is 0 Å². The van der Waals surface area contributed by atoms with Gasteiger partial charge in [0.15, 0.2) is 0 Å². The lowest BCUT2D eigenvalue weighted by Gasteiger charge is -2.32. The number of rotatable bonds is 5. The first-order valence-electron chi connectivity index (χ1n) is 7.74. The third-order valence-corrected chi connectivity index (χ3v) is 5.00. The summed E-state index contributed by atoms with van der Waals surface area (Å²) in [6, 6.07) is 0. The third-order valence-electron chi connectivity index (χ3n) is 5.00. The van der Waals surface area contributed by atoms with E-state index in [-0.39, 0.29) is 24.1 Å². The summed E-state index contributed by atoms with van der Waals surface area (Å²) in [4.78, 5) is 36.3. The van der Waals surface area contributed by atoms with Crippen molar-refractivity contribution in [2.75, 3.05) is 13.1 Å². The number of carbonyl (C=O) groups is 2. The van der Waals surface area contributed by atoms with E-state index in [1.165, 1.54) is 15.8 Å². The summed E-state index contributed by atoms with van der Waals surface area (Å²) < 4.78 is 1.25. The van der Waals surface area contributed by atoms with Crippen LogP contribution in [0.3, 0.4) is 0 Å². The minimum Gasteiger partial charge on any atom is -0.481 e. The van der Waals surface area contributed by atoms with Gasteiger partial charge in [0.25, 0.3) is 0 Å². The maximum absolute atomic E-state index is 12.9. The Morgan fingerprint density at radius 2 is 2.08 bits per heavy atom. The van der Waals surface area contributed by atoms with Crippen LogP contribution in [0.15, 0.2) is 12.4 Å². The standard InChI is InChI=1S/C15H22N4O5/c1-10(2)15(13(21)22)5-6-17(9-15)12(20)14(3,4)18-8-11(7-16-18)19(23)24/h7-8,10H,5-6,9H2,1-4H3,(H,21,22). The number of aromatic nitrogens is 2. The molecular formula is C15H22N4O5. The quantitative estimate of drug-likeness (QED) is 0.641. The maximum Gasteiger partial charge on any atom is 0.311 e. The van der Waals surface area contributed by atoms with Crippen LogP contribution in [-0.2, 0) is 15.1 Å². The largest absolute Gasteiger partial charge is 0.481 e. The molecule has 1 N–H and O–H groups in total. The smallest absolute Gasteiger partial charge is 0.311 e. The van der Waals surface area contributed by atoms with Gasteiger partial charge in [-0.15, -0.1) is 0 Å². The van der Waals surface area contributed by atoms with Crippen LogP contribution in [0.2, 0.25) is 0 Å². The normalized spacial score (nSPS) is 21.3. The van der Waals surface area contributed by atoms with Crippen LogP contribution in [0.5, 0.6) is 0 Å². The number of likely N-dealkylation sites (tertiary alicyclic amines) is 1. The first kappa shape index (κ1) is 17.9. The van der Waals surface area contributed by atoms with Gasteiger partial charge in [-0.1, -0.05) is 13.8 Å². The second-order valence-corrected chi connectivity index (χ2v) is 7.05. The summed E-state index contributed by atoms with van der Waals surface area (Å²) in [7, 11) is 0. The fourth-order valence-corrected chi connectivity index (χ4v) is 3.10. The Bertz CT molecular complexity index is 681. The van der Waals surface area contributed by atoms with Crippen molar-refractivity contribution in [3.05, 3.63) is 22.5 Å². The fourth-order valence-electron chi connectivity index (χ4n) is 3.10. The number of amides is 1. The summed E-state index contributed by atoms with van der Waals surface area (Å²) >= 11 is 0. The summed E-state index contributed by atoms with van der Waals surface area (Å²) in [6.45, 7) is 7.38. The number of nitrogens with zero attached hydrogens (tertiary/aromatic N) is 4. The van der Waals surface area contributed by atoms with E-state index in [9.17, 15) is 24.8 Å². The summed E-state index contributed by atoms with van der Waals surface area (Å²) in [5, 5.41) is 24.3. The number of carbonyl (C=O) groups excluding carboxylic acids is 1. The molecule has 0 saturated carbocycles. The Hall–Kier alpha value is -2.45. The minimum absolute atomic E-state index is 0.110. The van der Waals surface area contributed by atoms with Crippen LogP contribution in [0, 0.1) is 21.4 Å². The fraction of sp³-hybridized carbons (Fsp3) is 0.667. The lowest BCUT2D eigenvalue weighted by atomic mass is 9.76. The lowest BCUT2D eigenvalue weighted by Crippen LogP contribution is -2.48. The summed E-state index contributed by atoms with van der Waals surface area (Å²) in [5.41, 5.74) is -2.29. The number of hydrogen-bond donors (Lipinski definition) is 1. The van der Waals surface area contributed by atoms with Crippen molar-refractivity contribution in [1.82, 2.24) is 14.7 Å². The van der Waals surface area contributed by atoms with Crippen molar-refractivity contribution in [3.8, 4) is 0 Å². The Kier molecular flexibility index (Phi) is 4.38. The van der Waals surface area contributed by atoms with E-state index in [1.807, 2.05) is 13.8 Å². The molecule has 1 aromatic heterocycles. The second-order valence-electron chi connectivity index (χ2n) is 7.05. The van der Waals surface area contributed by atoms with Crippen molar-refractivity contribution in [1.29, 1.82) is 0 Å². The van der Waals surface area contributed by atoms with E-state index in [2.05, 4.69) is 5.10 Å². The van der Waals surface area contributed by atoms with E-state index in [0.29, 0.717) is 13.0 Å². The zero-order valence-corrected chi connectivity index (χ0v) is 14.2. The minimum atomic E-state index is -1.14. The first-order chi connectivity index (χ1) is 11.0. The Balaban J connectivity index is 2.24. The van der Waals surface area contributed by atoms with Crippen LogP contribution in [0.4, 0.5) is 5.69 Å². The zero-order valence-electron chi connectivity index (χ0n) is 14.2. The zero-order chi connectivity index (χ0) is 18.3. The highest BCUT2D eigenvalue weighted by Gasteiger charge is 2.50. The molecule has 9 heteroatoms. The van der Waals surface area contributed by atoms with Gasteiger partial charge in [-0.2, -0.15) is 5.10 Å². The molecule has 0 bridgehead atoms. The van der Waals surface area contributed by atoms with Gasteiger partial charge in [0.2, 0.25) is 5.91 Å². The highest BCUT2D eigenvalue weighted by atomic mass is 16.6. The van der Waals surface area contributed by atoms with E-state index < -0.39 is 21.8 Å². The average molecular weight is 338 g/mol. The molecule has 1 aliphatic heterocycles. The van der Waals surface area contributed by atoms with Crippen LogP contribution in [0.1, 0.15) is 34.1 Å². The Morgan fingerprint density at radius 3 is 2.50 bits per heavy atom. The van der Waals surface area contributed by atoms with Gasteiger partial charge >= 0.3 is 11.7 Å². The number of hydrogen-bond acceptors (Lipinski definition) is 5. The van der Waals surface area contributed by atoms with Crippen molar-refractivity contribution in [2.24, 2.45) is 11.3 Å². The molecule has 132 valence electrons. The molecule has 2 heterocycles. The molecule has 1 unspecified atom stereocenters. The monoisotopic (exact) mass is 338 g/mol. The molecule has 0 spiro atoms. The van der Waals surface area contributed by atoms with Crippen molar-refractivity contribution >= 4 is 17.6 Å². The van der Waals surface area contributed by atoms with Crippen molar-refractivity contribution in [2.45, 2.75) is 39.7 Å². The molecule has 0 radical (unpaired) electrons. The number of aliphatic carboxylic acids is 1. The predicted molar refractivity (Wildman–Crippen MR) is 84.3 cm³/mol. The molecule has 0 aliphatic carbocycles. The van der Waals surface area contributed by atoms with Gasteiger partial charge in [0.1, 0.15) is 17.9 Å². The van der Waals surface area contributed by atoms with Gasteiger partial charge in [-0.3, -0.25) is 24.4 Å². The molecule has 9 nitrogen and oxygen atoms in total. The van der Waals surface area contributed by atoms with Crippen molar-refractivity contribution < 1.29 is 19.6 Å². The SMILES string of the molecule is CC(C)C1(C(=O)O)CCN(C(=O)C(C)(C)n2cc([N+](=O)[O-])cn2)C1. The number of carboxylic acids is 1. The van der Waals surface area contributed by atoms with Crippen LogP contribution in [0.25, 0.3) is 0 Å². The molecule has 1 amide bonds. The average Bonchev–Trinajstić information content (AvgIpc) is 3.14. The summed E-state index contributed by atoms with van der Waals surface area (Å²) in [5.74, 6) is -1.31. The summed E-state index contributed by atoms with van der Waals surface area (Å²) in [6.07, 6.45) is 2.69. The molecule has 24 heavy (non-hydrogen) atoms. The van der Waals surface area contributed by atoms with Gasteiger partial charge in [0.05, 0.1) is 10.3 Å². The molecule has 1 aromatic rings. The number of nitro groups is 1. The molecule has 1 aliphatic rings. The highest BCUT2D eigenvalue weighted by molar-refractivity contribution is 5.85. The van der Waals surface area contributed by atoms with Crippen LogP contribution < -0.4 is 0 Å². The van der Waals surface area contributed by atoms with Crippen LogP contribution >= 0.6 is 0 Å². The molecule has 0 aromatic carbocycles. The van der Waals surface area contributed by atoms with E-state index in [0.717, 1.165) is 6.20 Å². The molecule has 1 fully saturated rings. The van der Waals surface area contributed by atoms with E-state index in [1.54, 1.807) is 13.8 Å². The van der Waals surface area contributed by atoms with Gasteiger partial charge in [0, 0.05) is 13.1 Å². The van der Waals surface area contributed by atoms with Gasteiger partial charge in [-0.05, 0) is 26.2 Å². The molecule has 1 atom stereocenters. The molecule has 2 rings (SSSR count). The predicted octanol–water partition coefficient (Wildman–Crippen LogP) is 1.49. The molecule has 1 saturated heterocycles. The van der Waals surface area contributed by atoms with Gasteiger partial charge < -0.3 is 10.0 Å². The number of carboxylic acid groups (broad SMARTS) is 1. The Labute approximate surface area is 139 Å². The first-order valence-corrected chi connectivity index (χ1v) is 7.74. The lowest BCUT2D eigenvalue weighted by molar-refractivity contribution is -0.385. The maximum atomic E-state index is 12.9. The Morgan fingerprint density at radius 1 is 1.46 bits per heavy atom. The topological polar surface area (TPSA) is 119 Å². The van der Waals surface area contributed by atoms with Gasteiger partial charge in [-0.25, -0.2) is 0 Å². The van der Waals surface area contributed by atoms with Crippen molar-refractivity contribution in [3.63, 3.8) is 0 Å². The third kappa shape index (κ3) is 2.74. The van der Waals surface area contributed by atoms with Crippen LogP contribution in [-0.4, -0.2) is 49.7 Å². The highest BCUT2D eigenvalue weighted by Crippen LogP contribution is 2.39. The van der Waals surface area contributed by atoms with E-state index >= 15 is 0 Å². The molecular weight excluding hydrogens is 316 g/mol. The second kappa shape index (κ2) is 5.88.